The molecule has 4 rings (SSSR count). The number of hydrogen-bond acceptors (Lipinski definition) is 4. The molecule has 1 N–H and O–H groups in total. The summed E-state index contributed by atoms with van der Waals surface area (Å²) in [6, 6.07) is 9.68. The molecule has 0 amide bonds. The molecule has 118 valence electrons. The molecule has 2 aromatic heterocycles. The predicted octanol–water partition coefficient (Wildman–Crippen LogP) is 3.01. The van der Waals surface area contributed by atoms with Gasteiger partial charge in [0, 0.05) is 29.9 Å². The zero-order valence-electron chi connectivity index (χ0n) is 12.6. The fourth-order valence-electron chi connectivity index (χ4n) is 3.07. The summed E-state index contributed by atoms with van der Waals surface area (Å²) in [6.07, 6.45) is 5.02. The Hall–Kier alpha value is -2.11. The van der Waals surface area contributed by atoms with Crippen LogP contribution >= 0.6 is 11.6 Å². The summed E-state index contributed by atoms with van der Waals surface area (Å²) in [6.45, 7) is 1.65. The van der Waals surface area contributed by atoms with Crippen molar-refractivity contribution in [3.63, 3.8) is 0 Å². The summed E-state index contributed by atoms with van der Waals surface area (Å²) >= 11 is 6.10. The third-order valence-corrected chi connectivity index (χ3v) is 4.54. The monoisotopic (exact) mass is 328 g/mol. The van der Waals surface area contributed by atoms with Gasteiger partial charge in [0.15, 0.2) is 5.65 Å². The maximum absolute atomic E-state index is 9.69. The molecular formula is C17H17ClN4O. The van der Waals surface area contributed by atoms with Gasteiger partial charge in [-0.2, -0.15) is 9.61 Å². The highest BCUT2D eigenvalue weighted by molar-refractivity contribution is 6.30. The maximum Gasteiger partial charge on any atom is 0.165 e. The van der Waals surface area contributed by atoms with Crippen LogP contribution in [0.2, 0.25) is 5.02 Å². The van der Waals surface area contributed by atoms with Gasteiger partial charge in [0.25, 0.3) is 0 Å². The van der Waals surface area contributed by atoms with E-state index in [-0.39, 0.29) is 6.10 Å². The van der Waals surface area contributed by atoms with Crippen LogP contribution < -0.4 is 4.90 Å². The van der Waals surface area contributed by atoms with Crippen molar-refractivity contribution in [1.82, 2.24) is 14.6 Å². The highest BCUT2D eigenvalue weighted by Crippen LogP contribution is 2.28. The van der Waals surface area contributed by atoms with Crippen molar-refractivity contribution in [3.8, 4) is 11.1 Å². The molecule has 6 heteroatoms. The van der Waals surface area contributed by atoms with Crippen molar-refractivity contribution in [2.45, 2.75) is 18.9 Å². The number of aliphatic hydroxyl groups is 1. The molecule has 0 saturated carbocycles. The van der Waals surface area contributed by atoms with Gasteiger partial charge in [-0.05, 0) is 36.6 Å². The Kier molecular flexibility index (Phi) is 3.67. The van der Waals surface area contributed by atoms with E-state index in [1.807, 2.05) is 47.2 Å². The van der Waals surface area contributed by atoms with Crippen LogP contribution in [0.3, 0.4) is 0 Å². The van der Waals surface area contributed by atoms with Gasteiger partial charge < -0.3 is 10.0 Å². The molecule has 0 unspecified atom stereocenters. The molecule has 0 bridgehead atoms. The minimum atomic E-state index is -0.191. The standard InChI is InChI=1S/C17H17ClN4O/c18-13-3-1-2-12(10-13)15-11-20-22-16(4-7-19-17(15)22)21-8-5-14(23)6-9-21/h1-4,7,10-11,14,23H,5-6,8-9H2. The van der Waals surface area contributed by atoms with E-state index in [1.54, 1.807) is 0 Å². The van der Waals surface area contributed by atoms with Crippen molar-refractivity contribution in [2.24, 2.45) is 0 Å². The molecule has 1 saturated heterocycles. The first-order valence-electron chi connectivity index (χ1n) is 7.74. The second-order valence-corrected chi connectivity index (χ2v) is 6.26. The van der Waals surface area contributed by atoms with Crippen LogP contribution in [-0.4, -0.2) is 38.9 Å². The van der Waals surface area contributed by atoms with Crippen LogP contribution in [0.1, 0.15) is 12.8 Å². The van der Waals surface area contributed by atoms with Gasteiger partial charge >= 0.3 is 0 Å². The van der Waals surface area contributed by atoms with E-state index < -0.39 is 0 Å². The summed E-state index contributed by atoms with van der Waals surface area (Å²) in [5.41, 5.74) is 2.79. The SMILES string of the molecule is OC1CCN(c2ccnc3c(-c4cccc(Cl)c4)cnn23)CC1. The van der Waals surface area contributed by atoms with Gasteiger partial charge in [-0.1, -0.05) is 23.7 Å². The largest absolute Gasteiger partial charge is 0.393 e. The molecule has 3 heterocycles. The number of piperidine rings is 1. The molecule has 0 atom stereocenters. The Bertz CT molecular complexity index is 839. The fraction of sp³-hybridized carbons (Fsp3) is 0.294. The minimum absolute atomic E-state index is 0.191. The fourth-order valence-corrected chi connectivity index (χ4v) is 3.26. The van der Waals surface area contributed by atoms with E-state index >= 15 is 0 Å². The molecule has 0 radical (unpaired) electrons. The number of rotatable bonds is 2. The first kappa shape index (κ1) is 14.5. The number of fused-ring (bicyclic) bond motifs is 1. The van der Waals surface area contributed by atoms with E-state index in [4.69, 9.17) is 11.6 Å². The molecule has 3 aromatic rings. The number of nitrogens with zero attached hydrogens (tertiary/aromatic N) is 4. The Morgan fingerprint density at radius 2 is 2.00 bits per heavy atom. The number of hydrogen-bond donors (Lipinski definition) is 1. The molecule has 1 aliphatic rings. The molecule has 0 aliphatic carbocycles. The number of anilines is 1. The van der Waals surface area contributed by atoms with Gasteiger partial charge in [-0.15, -0.1) is 0 Å². The normalized spacial score (nSPS) is 16.2. The second-order valence-electron chi connectivity index (χ2n) is 5.83. The van der Waals surface area contributed by atoms with Crippen LogP contribution in [0.25, 0.3) is 16.8 Å². The van der Waals surface area contributed by atoms with E-state index in [0.29, 0.717) is 5.02 Å². The number of benzene rings is 1. The lowest BCUT2D eigenvalue weighted by Crippen LogP contribution is -2.36. The number of aliphatic hydroxyl groups excluding tert-OH is 1. The van der Waals surface area contributed by atoms with Gasteiger partial charge in [0.05, 0.1) is 12.3 Å². The lowest BCUT2D eigenvalue weighted by Gasteiger charge is -2.31. The second kappa shape index (κ2) is 5.83. The van der Waals surface area contributed by atoms with Crippen LogP contribution in [0, 0.1) is 0 Å². The van der Waals surface area contributed by atoms with Gasteiger partial charge in [-0.3, -0.25) is 0 Å². The smallest absolute Gasteiger partial charge is 0.165 e. The number of aromatic nitrogens is 3. The molecule has 5 nitrogen and oxygen atoms in total. The Labute approximate surface area is 139 Å². The summed E-state index contributed by atoms with van der Waals surface area (Å²) in [7, 11) is 0. The average Bonchev–Trinajstić information content (AvgIpc) is 3.00. The lowest BCUT2D eigenvalue weighted by atomic mass is 10.1. The summed E-state index contributed by atoms with van der Waals surface area (Å²) < 4.78 is 1.87. The van der Waals surface area contributed by atoms with Crippen LogP contribution in [0.15, 0.2) is 42.7 Å². The predicted molar refractivity (Wildman–Crippen MR) is 90.9 cm³/mol. The van der Waals surface area contributed by atoms with Gasteiger partial charge in [-0.25, -0.2) is 4.98 Å². The molecule has 0 spiro atoms. The van der Waals surface area contributed by atoms with Crippen molar-refractivity contribution in [2.75, 3.05) is 18.0 Å². The average molecular weight is 329 g/mol. The van der Waals surface area contributed by atoms with Crippen LogP contribution in [0.4, 0.5) is 5.82 Å². The highest BCUT2D eigenvalue weighted by Gasteiger charge is 2.20. The quantitative estimate of drug-likeness (QED) is 0.785. The first-order chi connectivity index (χ1) is 11.2. The zero-order valence-corrected chi connectivity index (χ0v) is 13.3. The zero-order chi connectivity index (χ0) is 15.8. The van der Waals surface area contributed by atoms with Crippen LogP contribution in [-0.2, 0) is 0 Å². The van der Waals surface area contributed by atoms with E-state index in [9.17, 15) is 5.11 Å². The molecule has 1 fully saturated rings. The first-order valence-corrected chi connectivity index (χ1v) is 8.12. The van der Waals surface area contributed by atoms with Crippen molar-refractivity contribution in [1.29, 1.82) is 0 Å². The Morgan fingerprint density at radius 3 is 2.78 bits per heavy atom. The molecule has 23 heavy (non-hydrogen) atoms. The third-order valence-electron chi connectivity index (χ3n) is 4.31. The van der Waals surface area contributed by atoms with Crippen molar-refractivity contribution >= 4 is 23.1 Å². The van der Waals surface area contributed by atoms with E-state index in [1.165, 1.54) is 0 Å². The summed E-state index contributed by atoms with van der Waals surface area (Å²) in [4.78, 5) is 6.75. The summed E-state index contributed by atoms with van der Waals surface area (Å²) in [5, 5.41) is 14.9. The van der Waals surface area contributed by atoms with Crippen molar-refractivity contribution < 1.29 is 5.11 Å². The molecule has 1 aliphatic heterocycles. The van der Waals surface area contributed by atoms with Gasteiger partial charge in [0.2, 0.25) is 0 Å². The van der Waals surface area contributed by atoms with E-state index in [0.717, 1.165) is 48.5 Å². The van der Waals surface area contributed by atoms with Gasteiger partial charge in [0.1, 0.15) is 5.82 Å². The van der Waals surface area contributed by atoms with Crippen molar-refractivity contribution in [3.05, 3.63) is 47.7 Å². The maximum atomic E-state index is 9.69. The molecule has 1 aromatic carbocycles. The Balaban J connectivity index is 1.78. The number of halogens is 1. The Morgan fingerprint density at radius 1 is 1.17 bits per heavy atom. The third kappa shape index (κ3) is 2.66. The molecular weight excluding hydrogens is 312 g/mol. The lowest BCUT2D eigenvalue weighted by molar-refractivity contribution is 0.145. The highest BCUT2D eigenvalue weighted by atomic mass is 35.5. The van der Waals surface area contributed by atoms with E-state index in [2.05, 4.69) is 15.0 Å². The van der Waals surface area contributed by atoms with Crippen LogP contribution in [0.5, 0.6) is 0 Å². The minimum Gasteiger partial charge on any atom is -0.393 e. The topological polar surface area (TPSA) is 53.7 Å². The summed E-state index contributed by atoms with van der Waals surface area (Å²) in [5.74, 6) is 1.01.